The van der Waals surface area contributed by atoms with Crippen LogP contribution in [-0.4, -0.2) is 60.4 Å². The Balaban J connectivity index is 0.000000249. The van der Waals surface area contributed by atoms with E-state index in [-0.39, 0.29) is 0 Å². The summed E-state index contributed by atoms with van der Waals surface area (Å²) in [6.07, 6.45) is 2.88. The molecule has 0 saturated carbocycles. The molecule has 0 aliphatic carbocycles. The third kappa shape index (κ3) is 6.98. The van der Waals surface area contributed by atoms with Gasteiger partial charge in [-0.25, -0.2) is 0 Å². The van der Waals surface area contributed by atoms with Gasteiger partial charge in [-0.2, -0.15) is 8.42 Å². The molecular weight excluding hydrogens is 251 g/mol. The summed E-state index contributed by atoms with van der Waals surface area (Å²) in [6.45, 7) is 1.56. The summed E-state index contributed by atoms with van der Waals surface area (Å²) >= 11 is 1.13. The fourth-order valence-corrected chi connectivity index (χ4v) is 1.94. The molecule has 1 aromatic carbocycles. The summed E-state index contributed by atoms with van der Waals surface area (Å²) in [7, 11) is -3.67. The topological polar surface area (TPSA) is 63.6 Å². The summed E-state index contributed by atoms with van der Waals surface area (Å²) in [5.41, 5.74) is 2.67. The molecule has 0 fully saturated rings. The molecule has 1 aliphatic heterocycles. The van der Waals surface area contributed by atoms with E-state index in [1.54, 1.807) is 0 Å². The van der Waals surface area contributed by atoms with E-state index in [4.69, 9.17) is 9.29 Å². The van der Waals surface area contributed by atoms with E-state index in [9.17, 15) is 8.42 Å². The van der Waals surface area contributed by atoms with Crippen LogP contribution in [0.25, 0.3) is 5.57 Å². The molecule has 0 bridgehead atoms. The normalized spacial score (nSPS) is 14.9. The van der Waals surface area contributed by atoms with E-state index in [1.807, 2.05) is 0 Å². The predicted molar refractivity (Wildman–Crippen MR) is 68.1 cm³/mol. The molecule has 0 saturated heterocycles. The Morgan fingerprint density at radius 1 is 1.41 bits per heavy atom. The van der Waals surface area contributed by atoms with Crippen molar-refractivity contribution >= 4 is 46.4 Å². The molecule has 0 amide bonds. The van der Waals surface area contributed by atoms with Crippen molar-refractivity contribution in [3.8, 4) is 0 Å². The molecule has 0 spiro atoms. The maximum atomic E-state index is 9.19. The van der Waals surface area contributed by atoms with E-state index in [0.29, 0.717) is 6.26 Å². The first-order valence-electron chi connectivity index (χ1n) is 5.12. The maximum absolute atomic E-state index is 9.19. The van der Waals surface area contributed by atoms with Gasteiger partial charge in [-0.3, -0.25) is 4.55 Å². The van der Waals surface area contributed by atoms with Crippen LogP contribution in [0.4, 0.5) is 0 Å². The fraction of sp³-hybridized carbons (Fsp3) is 0.273. The molecule has 0 radical (unpaired) electrons. The second-order valence-corrected chi connectivity index (χ2v) is 6.47. The molecule has 0 aromatic heterocycles. The second kappa shape index (κ2) is 6.68. The van der Waals surface area contributed by atoms with Crippen LogP contribution in [0.5, 0.6) is 0 Å². The Labute approximate surface area is 119 Å². The van der Waals surface area contributed by atoms with Crippen LogP contribution in [0.1, 0.15) is 5.56 Å². The number of hydrogen-bond acceptors (Lipinski definition) is 3. The monoisotopic (exact) mass is 264 g/mol. The van der Waals surface area contributed by atoms with Gasteiger partial charge in [-0.05, 0) is 0 Å². The summed E-state index contributed by atoms with van der Waals surface area (Å²) in [5, 5.41) is 0. The number of hydrogen-bond donors (Lipinski definition) is 1. The van der Waals surface area contributed by atoms with Crippen molar-refractivity contribution in [2.24, 2.45) is 0 Å². The van der Waals surface area contributed by atoms with Gasteiger partial charge in [-0.1, -0.05) is 0 Å². The Hall–Kier alpha value is -0.170. The van der Waals surface area contributed by atoms with Crippen molar-refractivity contribution in [1.82, 2.24) is 0 Å². The first kappa shape index (κ1) is 14.9. The zero-order valence-electron chi connectivity index (χ0n) is 9.88. The number of rotatable bonds is 1. The molecule has 2 rings (SSSR count). The van der Waals surface area contributed by atoms with Crippen LogP contribution in [-0.2, 0) is 14.9 Å². The zero-order valence-corrected chi connectivity index (χ0v) is 12.7. The average Bonchev–Trinajstić information content (AvgIpc) is 2.67. The quantitative estimate of drug-likeness (QED) is 0.589. The van der Waals surface area contributed by atoms with Crippen LogP contribution in [0, 0.1) is 0 Å². The van der Waals surface area contributed by atoms with Crippen molar-refractivity contribution in [2.75, 3.05) is 19.5 Å². The van der Waals surface area contributed by atoms with Gasteiger partial charge in [0, 0.05) is 0 Å². The molecule has 1 aromatic rings. The van der Waals surface area contributed by atoms with Crippen molar-refractivity contribution in [1.29, 1.82) is 0 Å². The average molecular weight is 264 g/mol. The van der Waals surface area contributed by atoms with Crippen molar-refractivity contribution in [2.45, 2.75) is 0 Å². The van der Waals surface area contributed by atoms with E-state index in [1.165, 1.54) is 13.9 Å². The molecule has 0 atom stereocenters. The van der Waals surface area contributed by atoms with E-state index in [2.05, 4.69) is 30.3 Å². The minimum absolute atomic E-state index is 0.715. The predicted octanol–water partition coefficient (Wildman–Crippen LogP) is 0.398. The van der Waals surface area contributed by atoms with Gasteiger partial charge in [0.25, 0.3) is 10.1 Å². The summed E-state index contributed by atoms with van der Waals surface area (Å²) in [4.78, 5) is 0. The third-order valence-electron chi connectivity index (χ3n) is 2.09. The molecule has 1 aliphatic rings. The van der Waals surface area contributed by atoms with Gasteiger partial charge >= 0.3 is 90.2 Å². The van der Waals surface area contributed by atoms with Gasteiger partial charge < -0.3 is 0 Å². The van der Waals surface area contributed by atoms with E-state index < -0.39 is 10.1 Å². The van der Waals surface area contributed by atoms with Gasteiger partial charge in [0.1, 0.15) is 0 Å². The Morgan fingerprint density at radius 3 is 2.53 bits per heavy atom. The molecule has 6 heteroatoms. The van der Waals surface area contributed by atoms with Crippen LogP contribution in [0.2, 0.25) is 0 Å². The minimum atomic E-state index is -3.67. The second-order valence-electron chi connectivity index (χ2n) is 3.85. The van der Waals surface area contributed by atoms with Crippen LogP contribution >= 0.6 is 0 Å². The SMILES string of the molecule is CS(=O)(=O)O.[Na][c]1cccc(C2=CCOC2)c1. The fourth-order valence-electron chi connectivity index (χ4n) is 1.43. The summed E-state index contributed by atoms with van der Waals surface area (Å²) in [6, 6.07) is 8.71. The van der Waals surface area contributed by atoms with Gasteiger partial charge in [0.05, 0.1) is 6.26 Å². The molecule has 88 valence electrons. The Kier molecular flexibility index (Phi) is 5.85. The first-order chi connectivity index (χ1) is 7.86. The molecular formula is C11H13NaO4S. The van der Waals surface area contributed by atoms with E-state index >= 15 is 0 Å². The molecule has 0 unspecified atom stereocenters. The molecule has 4 nitrogen and oxygen atoms in total. The van der Waals surface area contributed by atoms with Gasteiger partial charge in [0.2, 0.25) is 0 Å². The molecule has 1 heterocycles. The van der Waals surface area contributed by atoms with Gasteiger partial charge in [-0.15, -0.1) is 0 Å². The van der Waals surface area contributed by atoms with Crippen LogP contribution in [0.3, 0.4) is 0 Å². The molecule has 17 heavy (non-hydrogen) atoms. The van der Waals surface area contributed by atoms with Crippen LogP contribution < -0.4 is 2.81 Å². The standard InChI is InChI=1S/C10H9O.CH4O3S.Na/c1-2-4-9(5-3-1)10-6-7-11-8-10;1-5(2,3)4;/h1-2,4-6H,7-8H2;1H3,(H,2,3,4);. The van der Waals surface area contributed by atoms with Crippen LogP contribution in [0.15, 0.2) is 30.3 Å². The summed E-state index contributed by atoms with van der Waals surface area (Å²) in [5.74, 6) is 0. The third-order valence-corrected chi connectivity index (χ3v) is 2.72. The zero-order chi connectivity index (χ0) is 12.9. The summed E-state index contributed by atoms with van der Waals surface area (Å²) < 4.78 is 32.6. The Bertz CT molecular complexity index is 500. The van der Waals surface area contributed by atoms with Crippen molar-refractivity contribution in [3.05, 3.63) is 35.9 Å². The molecule has 1 N–H and O–H groups in total. The Morgan fingerprint density at radius 2 is 2.06 bits per heavy atom. The number of ether oxygens (including phenoxy) is 1. The number of benzene rings is 1. The van der Waals surface area contributed by atoms with E-state index in [0.717, 1.165) is 41.1 Å². The van der Waals surface area contributed by atoms with Crippen molar-refractivity contribution < 1.29 is 17.7 Å². The van der Waals surface area contributed by atoms with Gasteiger partial charge in [0.15, 0.2) is 0 Å². The first-order valence-corrected chi connectivity index (χ1v) is 7.97. The van der Waals surface area contributed by atoms with Crippen molar-refractivity contribution in [3.63, 3.8) is 0 Å².